The molecule has 1 aromatic rings. The third-order valence-electron chi connectivity index (χ3n) is 2.27. The van der Waals surface area contributed by atoms with E-state index in [1.54, 1.807) is 31.2 Å². The van der Waals surface area contributed by atoms with E-state index in [1.165, 1.54) is 6.92 Å². The molecule has 1 N–H and O–H groups in total. The van der Waals surface area contributed by atoms with Crippen LogP contribution in [0.15, 0.2) is 24.3 Å². The molecular formula is C13H17ClO4. The van der Waals surface area contributed by atoms with Crippen LogP contribution in [0.3, 0.4) is 0 Å². The maximum atomic E-state index is 10.9. The zero-order chi connectivity index (χ0) is 13.6. The van der Waals surface area contributed by atoms with Crippen molar-refractivity contribution in [1.82, 2.24) is 0 Å². The highest BCUT2D eigenvalue weighted by molar-refractivity contribution is 6.30. The lowest BCUT2D eigenvalue weighted by atomic mass is 10.2. The number of halogens is 1. The van der Waals surface area contributed by atoms with Gasteiger partial charge in [-0.1, -0.05) is 18.5 Å². The number of ether oxygens (including phenoxy) is 2. The molecule has 1 aromatic carbocycles. The fourth-order valence-electron chi connectivity index (χ4n) is 1.26. The van der Waals surface area contributed by atoms with Crippen LogP contribution in [0.25, 0.3) is 0 Å². The number of hydrogen-bond acceptors (Lipinski definition) is 4. The van der Waals surface area contributed by atoms with Crippen molar-refractivity contribution in [3.8, 4) is 5.75 Å². The van der Waals surface area contributed by atoms with Crippen molar-refractivity contribution in [3.05, 3.63) is 29.3 Å². The molecule has 100 valence electrons. The summed E-state index contributed by atoms with van der Waals surface area (Å²) in [6.45, 7) is 3.35. The number of esters is 1. The van der Waals surface area contributed by atoms with E-state index in [0.717, 1.165) is 0 Å². The second kappa shape index (κ2) is 6.61. The molecule has 1 atom stereocenters. The first-order valence-electron chi connectivity index (χ1n) is 5.75. The van der Waals surface area contributed by atoms with Gasteiger partial charge >= 0.3 is 5.97 Å². The van der Waals surface area contributed by atoms with Crippen molar-refractivity contribution in [1.29, 1.82) is 0 Å². The van der Waals surface area contributed by atoms with Crippen LogP contribution in [0.2, 0.25) is 5.02 Å². The highest BCUT2D eigenvalue weighted by atomic mass is 35.5. The fourth-order valence-corrected chi connectivity index (χ4v) is 1.39. The lowest BCUT2D eigenvalue weighted by Gasteiger charge is -2.24. The molecule has 18 heavy (non-hydrogen) atoms. The first-order chi connectivity index (χ1) is 8.43. The van der Waals surface area contributed by atoms with E-state index < -0.39 is 5.79 Å². The van der Waals surface area contributed by atoms with Gasteiger partial charge in [-0.05, 0) is 24.3 Å². The summed E-state index contributed by atoms with van der Waals surface area (Å²) in [5, 5.41) is 10.6. The number of hydrogen-bond donors (Lipinski definition) is 1. The van der Waals surface area contributed by atoms with Gasteiger partial charge in [-0.2, -0.15) is 0 Å². The van der Waals surface area contributed by atoms with Crippen molar-refractivity contribution in [2.24, 2.45) is 0 Å². The first-order valence-corrected chi connectivity index (χ1v) is 6.13. The molecule has 0 aliphatic heterocycles. The Kier molecular flexibility index (Phi) is 5.44. The van der Waals surface area contributed by atoms with Gasteiger partial charge in [0, 0.05) is 24.8 Å². The SMILES string of the molecule is CCC(=O)OCCC(C)(O)Oc1ccc(Cl)cc1. The maximum absolute atomic E-state index is 10.9. The standard InChI is InChI=1S/C13H17ClO4/c1-3-12(15)17-9-8-13(2,16)18-11-6-4-10(14)5-7-11/h4-7,16H,3,8-9H2,1-2H3. The average Bonchev–Trinajstić information content (AvgIpc) is 2.31. The summed E-state index contributed by atoms with van der Waals surface area (Å²) in [6.07, 6.45) is 0.515. The van der Waals surface area contributed by atoms with E-state index in [-0.39, 0.29) is 19.0 Å². The lowest BCUT2D eigenvalue weighted by molar-refractivity contribution is -0.154. The summed E-state index contributed by atoms with van der Waals surface area (Å²) in [4.78, 5) is 10.9. The highest BCUT2D eigenvalue weighted by Gasteiger charge is 2.22. The van der Waals surface area contributed by atoms with Crippen molar-refractivity contribution < 1.29 is 19.4 Å². The Hall–Kier alpha value is -1.26. The maximum Gasteiger partial charge on any atom is 0.305 e. The van der Waals surface area contributed by atoms with E-state index >= 15 is 0 Å². The van der Waals surface area contributed by atoms with Gasteiger partial charge in [0.2, 0.25) is 5.79 Å². The summed E-state index contributed by atoms with van der Waals surface area (Å²) in [5.74, 6) is -1.18. The number of rotatable bonds is 6. The Morgan fingerprint density at radius 1 is 1.39 bits per heavy atom. The minimum absolute atomic E-state index is 0.118. The third kappa shape index (κ3) is 5.38. The van der Waals surface area contributed by atoms with Gasteiger partial charge < -0.3 is 14.6 Å². The van der Waals surface area contributed by atoms with Gasteiger partial charge in [-0.3, -0.25) is 4.79 Å². The molecule has 0 spiro atoms. The molecular weight excluding hydrogens is 256 g/mol. The lowest BCUT2D eigenvalue weighted by Crippen LogP contribution is -2.33. The molecule has 0 radical (unpaired) electrons. The molecule has 0 saturated carbocycles. The van der Waals surface area contributed by atoms with E-state index in [0.29, 0.717) is 17.2 Å². The first kappa shape index (κ1) is 14.8. The van der Waals surface area contributed by atoms with E-state index in [1.807, 2.05) is 0 Å². The fraction of sp³-hybridized carbons (Fsp3) is 0.462. The quantitative estimate of drug-likeness (QED) is 0.639. The molecule has 0 aliphatic rings. The van der Waals surface area contributed by atoms with E-state index in [4.69, 9.17) is 21.1 Å². The van der Waals surface area contributed by atoms with Gasteiger partial charge in [0.1, 0.15) is 5.75 Å². The van der Waals surface area contributed by atoms with Crippen LogP contribution in [0.4, 0.5) is 0 Å². The predicted octanol–water partition coefficient (Wildman–Crippen LogP) is 2.77. The second-order valence-electron chi connectivity index (χ2n) is 4.06. The summed E-state index contributed by atoms with van der Waals surface area (Å²) in [6, 6.07) is 6.66. The van der Waals surface area contributed by atoms with Crippen LogP contribution in [-0.4, -0.2) is 23.5 Å². The third-order valence-corrected chi connectivity index (χ3v) is 2.52. The average molecular weight is 273 g/mol. The monoisotopic (exact) mass is 272 g/mol. The normalized spacial score (nSPS) is 13.8. The minimum atomic E-state index is -1.39. The van der Waals surface area contributed by atoms with Gasteiger partial charge in [-0.15, -0.1) is 0 Å². The van der Waals surface area contributed by atoms with Crippen molar-refractivity contribution in [2.75, 3.05) is 6.61 Å². The summed E-state index contributed by atoms with van der Waals surface area (Å²) < 4.78 is 10.3. The second-order valence-corrected chi connectivity index (χ2v) is 4.49. The zero-order valence-electron chi connectivity index (χ0n) is 10.5. The Morgan fingerprint density at radius 3 is 2.56 bits per heavy atom. The van der Waals surface area contributed by atoms with Crippen LogP contribution >= 0.6 is 11.6 Å². The molecule has 0 aliphatic carbocycles. The Balaban J connectivity index is 2.43. The number of carbonyl (C=O) groups is 1. The van der Waals surface area contributed by atoms with Crippen LogP contribution < -0.4 is 4.74 Å². The largest absolute Gasteiger partial charge is 0.465 e. The molecule has 1 unspecified atom stereocenters. The summed E-state index contributed by atoms with van der Waals surface area (Å²) in [7, 11) is 0. The predicted molar refractivity (Wildman–Crippen MR) is 68.6 cm³/mol. The molecule has 0 fully saturated rings. The van der Waals surface area contributed by atoms with Gasteiger partial charge in [0.15, 0.2) is 0 Å². The molecule has 5 heteroatoms. The molecule has 4 nitrogen and oxygen atoms in total. The van der Waals surface area contributed by atoms with Crippen LogP contribution in [-0.2, 0) is 9.53 Å². The van der Waals surface area contributed by atoms with Crippen molar-refractivity contribution >= 4 is 17.6 Å². The molecule has 0 saturated heterocycles. The number of benzene rings is 1. The number of aliphatic hydroxyl groups is 1. The zero-order valence-corrected chi connectivity index (χ0v) is 11.2. The van der Waals surface area contributed by atoms with E-state index in [9.17, 15) is 9.90 Å². The van der Waals surface area contributed by atoms with Gasteiger partial charge in [-0.25, -0.2) is 0 Å². The molecule has 0 bridgehead atoms. The molecule has 0 aromatic heterocycles. The van der Waals surface area contributed by atoms with Crippen LogP contribution in [0.1, 0.15) is 26.7 Å². The van der Waals surface area contributed by atoms with Crippen molar-refractivity contribution in [2.45, 2.75) is 32.5 Å². The smallest absolute Gasteiger partial charge is 0.305 e. The van der Waals surface area contributed by atoms with Gasteiger partial charge in [0.05, 0.1) is 6.61 Å². The summed E-state index contributed by atoms with van der Waals surface area (Å²) >= 11 is 5.74. The van der Waals surface area contributed by atoms with Gasteiger partial charge in [0.25, 0.3) is 0 Å². The topological polar surface area (TPSA) is 55.8 Å². The van der Waals surface area contributed by atoms with Crippen LogP contribution in [0, 0.1) is 0 Å². The molecule has 0 heterocycles. The molecule has 0 amide bonds. The van der Waals surface area contributed by atoms with Crippen molar-refractivity contribution in [3.63, 3.8) is 0 Å². The Bertz CT molecular complexity index is 386. The minimum Gasteiger partial charge on any atom is -0.465 e. The Labute approximate surface area is 111 Å². The Morgan fingerprint density at radius 2 is 2.00 bits per heavy atom. The number of carbonyl (C=O) groups excluding carboxylic acids is 1. The summed E-state index contributed by atoms with van der Waals surface area (Å²) in [5.41, 5.74) is 0. The van der Waals surface area contributed by atoms with E-state index in [2.05, 4.69) is 0 Å². The molecule has 1 rings (SSSR count). The highest BCUT2D eigenvalue weighted by Crippen LogP contribution is 2.21. The van der Waals surface area contributed by atoms with Crippen LogP contribution in [0.5, 0.6) is 5.75 Å².